The Balaban J connectivity index is 2.16. The van der Waals surface area contributed by atoms with E-state index in [0.29, 0.717) is 19.6 Å². The molecule has 1 saturated heterocycles. The van der Waals surface area contributed by atoms with Crippen molar-refractivity contribution in [2.45, 2.75) is 52.2 Å². The number of likely N-dealkylation sites (tertiary alicyclic amines) is 1. The maximum absolute atomic E-state index is 12.7. The van der Waals surface area contributed by atoms with Gasteiger partial charge in [-0.2, -0.15) is 0 Å². The molecular formula is C19H27NO4. The van der Waals surface area contributed by atoms with Crippen molar-refractivity contribution in [1.82, 2.24) is 4.90 Å². The minimum atomic E-state index is -0.929. The van der Waals surface area contributed by atoms with Gasteiger partial charge in [-0.15, -0.1) is 0 Å². The van der Waals surface area contributed by atoms with Crippen LogP contribution in [0.4, 0.5) is 4.79 Å². The normalized spacial score (nSPS) is 20.8. The summed E-state index contributed by atoms with van der Waals surface area (Å²) in [4.78, 5) is 27.0. The molecule has 5 nitrogen and oxygen atoms in total. The van der Waals surface area contributed by atoms with E-state index in [1.165, 1.54) is 0 Å². The number of carbonyl (C=O) groups excluding carboxylic acids is 2. The van der Waals surface area contributed by atoms with Gasteiger partial charge in [0.25, 0.3) is 0 Å². The van der Waals surface area contributed by atoms with E-state index in [-0.39, 0.29) is 18.5 Å². The van der Waals surface area contributed by atoms with Crippen LogP contribution in [-0.2, 0) is 20.9 Å². The second-order valence-corrected chi connectivity index (χ2v) is 6.45. The summed E-state index contributed by atoms with van der Waals surface area (Å²) in [5, 5.41) is 0. The molecule has 0 radical (unpaired) electrons. The average molecular weight is 333 g/mol. The molecule has 0 unspecified atom stereocenters. The van der Waals surface area contributed by atoms with Gasteiger partial charge in [0.2, 0.25) is 0 Å². The molecule has 132 valence electrons. The minimum absolute atomic E-state index is 0.0406. The lowest BCUT2D eigenvalue weighted by molar-refractivity contribution is -0.163. The van der Waals surface area contributed by atoms with Gasteiger partial charge in [0.1, 0.15) is 12.1 Å². The van der Waals surface area contributed by atoms with Gasteiger partial charge in [-0.05, 0) is 37.7 Å². The lowest BCUT2D eigenvalue weighted by Gasteiger charge is -2.46. The van der Waals surface area contributed by atoms with Crippen LogP contribution in [0.3, 0.4) is 0 Å². The number of hydrogen-bond acceptors (Lipinski definition) is 4. The summed E-state index contributed by atoms with van der Waals surface area (Å²) in [6, 6.07) is 9.54. The number of piperidine rings is 1. The highest BCUT2D eigenvalue weighted by molar-refractivity contribution is 5.86. The Labute approximate surface area is 143 Å². The van der Waals surface area contributed by atoms with Crippen LogP contribution in [0.25, 0.3) is 0 Å². The largest absolute Gasteiger partial charge is 0.464 e. The Morgan fingerprint density at radius 3 is 2.50 bits per heavy atom. The zero-order chi connectivity index (χ0) is 17.6. The molecule has 0 bridgehead atoms. The maximum Gasteiger partial charge on any atom is 0.411 e. The Hall–Kier alpha value is -2.04. The standard InChI is InChI=1S/C19H27NO4/c1-4-23-17(21)19(15(2)3)12-8-9-13-20(19)18(22)24-14-16-10-6-5-7-11-16/h5-7,10-11,15H,4,8-9,12-14H2,1-3H3/t19-/m0/s1. The van der Waals surface area contributed by atoms with Crippen LogP contribution in [0.5, 0.6) is 0 Å². The number of ether oxygens (including phenoxy) is 2. The van der Waals surface area contributed by atoms with Gasteiger partial charge in [0.15, 0.2) is 0 Å². The fourth-order valence-electron chi connectivity index (χ4n) is 3.35. The van der Waals surface area contributed by atoms with E-state index in [0.717, 1.165) is 18.4 Å². The highest BCUT2D eigenvalue weighted by Gasteiger charge is 2.52. The molecular weight excluding hydrogens is 306 g/mol. The predicted octanol–water partition coefficient (Wildman–Crippen LogP) is 3.77. The number of esters is 1. The van der Waals surface area contributed by atoms with Crippen LogP contribution in [0, 0.1) is 5.92 Å². The second kappa shape index (κ2) is 8.18. The summed E-state index contributed by atoms with van der Waals surface area (Å²) < 4.78 is 10.8. The molecule has 5 heteroatoms. The molecule has 24 heavy (non-hydrogen) atoms. The van der Waals surface area contributed by atoms with E-state index in [2.05, 4.69) is 0 Å². The van der Waals surface area contributed by atoms with Gasteiger partial charge in [-0.25, -0.2) is 9.59 Å². The van der Waals surface area contributed by atoms with Crippen molar-refractivity contribution in [3.63, 3.8) is 0 Å². The van der Waals surface area contributed by atoms with E-state index in [4.69, 9.17) is 9.47 Å². The fraction of sp³-hybridized carbons (Fsp3) is 0.579. The summed E-state index contributed by atoms with van der Waals surface area (Å²) in [7, 11) is 0. The Morgan fingerprint density at radius 2 is 1.88 bits per heavy atom. The first kappa shape index (κ1) is 18.3. The highest BCUT2D eigenvalue weighted by Crippen LogP contribution is 2.36. The highest BCUT2D eigenvalue weighted by atomic mass is 16.6. The lowest BCUT2D eigenvalue weighted by atomic mass is 9.77. The monoisotopic (exact) mass is 333 g/mol. The summed E-state index contributed by atoms with van der Waals surface area (Å²) in [5.74, 6) is -0.363. The third kappa shape index (κ3) is 3.71. The summed E-state index contributed by atoms with van der Waals surface area (Å²) >= 11 is 0. The Morgan fingerprint density at radius 1 is 1.17 bits per heavy atom. The fourth-order valence-corrected chi connectivity index (χ4v) is 3.35. The first-order valence-corrected chi connectivity index (χ1v) is 8.68. The van der Waals surface area contributed by atoms with Gasteiger partial charge in [-0.1, -0.05) is 44.2 Å². The number of carbonyl (C=O) groups is 2. The molecule has 1 fully saturated rings. The van der Waals surface area contributed by atoms with Gasteiger partial charge in [0.05, 0.1) is 6.61 Å². The maximum atomic E-state index is 12.7. The molecule has 0 aliphatic carbocycles. The van der Waals surface area contributed by atoms with E-state index in [1.54, 1.807) is 11.8 Å². The average Bonchev–Trinajstić information content (AvgIpc) is 2.60. The third-order valence-electron chi connectivity index (χ3n) is 4.68. The number of rotatable bonds is 5. The van der Waals surface area contributed by atoms with E-state index in [9.17, 15) is 9.59 Å². The topological polar surface area (TPSA) is 55.8 Å². The smallest absolute Gasteiger partial charge is 0.411 e. The summed E-state index contributed by atoms with van der Waals surface area (Å²) in [6.07, 6.45) is 1.94. The van der Waals surface area contributed by atoms with Crippen LogP contribution in [0.1, 0.15) is 45.6 Å². The molecule has 0 spiro atoms. The first-order chi connectivity index (χ1) is 11.5. The number of amides is 1. The molecule has 0 N–H and O–H groups in total. The van der Waals surface area contributed by atoms with Crippen molar-refractivity contribution < 1.29 is 19.1 Å². The van der Waals surface area contributed by atoms with Crippen molar-refractivity contribution >= 4 is 12.1 Å². The second-order valence-electron chi connectivity index (χ2n) is 6.45. The van der Waals surface area contributed by atoms with Crippen molar-refractivity contribution in [2.75, 3.05) is 13.2 Å². The summed E-state index contributed by atoms with van der Waals surface area (Å²) in [5.41, 5.74) is -0.00341. The molecule has 1 aliphatic rings. The molecule has 1 amide bonds. The van der Waals surface area contributed by atoms with Crippen LogP contribution in [-0.4, -0.2) is 35.7 Å². The number of hydrogen-bond donors (Lipinski definition) is 0. The molecule has 1 aromatic carbocycles. The van der Waals surface area contributed by atoms with E-state index < -0.39 is 11.6 Å². The SMILES string of the molecule is CCOC(=O)[C@@]1(C(C)C)CCCCN1C(=O)OCc1ccccc1. The number of nitrogens with zero attached hydrogens (tertiary/aromatic N) is 1. The molecule has 2 rings (SSSR count). The molecule has 1 heterocycles. The van der Waals surface area contributed by atoms with Crippen LogP contribution in [0.2, 0.25) is 0 Å². The van der Waals surface area contributed by atoms with E-state index in [1.807, 2.05) is 44.2 Å². The van der Waals surface area contributed by atoms with Crippen LogP contribution in [0.15, 0.2) is 30.3 Å². The summed E-state index contributed by atoms with van der Waals surface area (Å²) in [6.45, 7) is 6.73. The third-order valence-corrected chi connectivity index (χ3v) is 4.68. The van der Waals surface area contributed by atoms with Crippen LogP contribution >= 0.6 is 0 Å². The zero-order valence-corrected chi connectivity index (χ0v) is 14.8. The zero-order valence-electron chi connectivity index (χ0n) is 14.8. The first-order valence-electron chi connectivity index (χ1n) is 8.68. The quantitative estimate of drug-likeness (QED) is 0.770. The predicted molar refractivity (Wildman–Crippen MR) is 91.4 cm³/mol. The Kier molecular flexibility index (Phi) is 6.23. The molecule has 1 atom stereocenters. The molecule has 0 aromatic heterocycles. The van der Waals surface area contributed by atoms with Gasteiger partial charge in [-0.3, -0.25) is 4.90 Å². The Bertz CT molecular complexity index is 558. The van der Waals surface area contributed by atoms with Gasteiger partial charge < -0.3 is 9.47 Å². The van der Waals surface area contributed by atoms with E-state index >= 15 is 0 Å². The van der Waals surface area contributed by atoms with Crippen molar-refractivity contribution in [2.24, 2.45) is 5.92 Å². The van der Waals surface area contributed by atoms with Gasteiger partial charge >= 0.3 is 12.1 Å². The van der Waals surface area contributed by atoms with Crippen molar-refractivity contribution in [3.8, 4) is 0 Å². The van der Waals surface area contributed by atoms with Crippen molar-refractivity contribution in [1.29, 1.82) is 0 Å². The van der Waals surface area contributed by atoms with Gasteiger partial charge in [0, 0.05) is 6.54 Å². The number of benzene rings is 1. The van der Waals surface area contributed by atoms with Crippen molar-refractivity contribution in [3.05, 3.63) is 35.9 Å². The molecule has 0 saturated carbocycles. The minimum Gasteiger partial charge on any atom is -0.464 e. The lowest BCUT2D eigenvalue weighted by Crippen LogP contribution is -2.63. The molecule has 1 aliphatic heterocycles. The van der Waals surface area contributed by atoms with Crippen LogP contribution < -0.4 is 0 Å². The molecule has 1 aromatic rings.